The van der Waals surface area contributed by atoms with Crippen molar-refractivity contribution in [3.05, 3.63) is 28.2 Å². The molecule has 1 aromatic rings. The average molecular weight is 357 g/mol. The molecule has 6 nitrogen and oxygen atoms in total. The van der Waals surface area contributed by atoms with Crippen molar-refractivity contribution >= 4 is 33.6 Å². The van der Waals surface area contributed by atoms with Crippen LogP contribution in [0.2, 0.25) is 0 Å². The molecule has 1 heterocycles. The van der Waals surface area contributed by atoms with Crippen molar-refractivity contribution in [2.75, 3.05) is 18.5 Å². The minimum absolute atomic E-state index is 0.0313. The fourth-order valence-electron chi connectivity index (χ4n) is 2.23. The number of urea groups is 1. The molecule has 2 rings (SSSR count). The van der Waals surface area contributed by atoms with E-state index < -0.39 is 12.0 Å². The number of carboxylic acid groups (broad SMARTS) is 1. The molecule has 7 heteroatoms. The smallest absolute Gasteiger partial charge is 0.337 e. The Morgan fingerprint density at radius 2 is 2.24 bits per heavy atom. The van der Waals surface area contributed by atoms with E-state index in [4.69, 9.17) is 9.84 Å². The number of benzene rings is 1. The number of rotatable bonds is 4. The number of amides is 2. The lowest BCUT2D eigenvalue weighted by Gasteiger charge is -2.20. The van der Waals surface area contributed by atoms with E-state index in [9.17, 15) is 9.59 Å². The van der Waals surface area contributed by atoms with Gasteiger partial charge in [-0.05, 0) is 31.5 Å². The van der Waals surface area contributed by atoms with E-state index in [2.05, 4.69) is 26.6 Å². The van der Waals surface area contributed by atoms with Crippen molar-refractivity contribution in [3.63, 3.8) is 0 Å². The molecular weight excluding hydrogens is 340 g/mol. The lowest BCUT2D eigenvalue weighted by Crippen LogP contribution is -2.41. The summed E-state index contributed by atoms with van der Waals surface area (Å²) in [6.07, 6.45) is 0.917. The Kier molecular flexibility index (Phi) is 5.19. The lowest BCUT2D eigenvalue weighted by atomic mass is 10.0. The molecule has 3 N–H and O–H groups in total. The number of anilines is 1. The Hall–Kier alpha value is -1.60. The summed E-state index contributed by atoms with van der Waals surface area (Å²) in [4.78, 5) is 23.1. The van der Waals surface area contributed by atoms with Crippen LogP contribution < -0.4 is 10.6 Å². The van der Waals surface area contributed by atoms with Gasteiger partial charge in [0.15, 0.2) is 0 Å². The summed E-state index contributed by atoms with van der Waals surface area (Å²) in [7, 11) is 0. The van der Waals surface area contributed by atoms with Crippen molar-refractivity contribution < 1.29 is 19.4 Å². The van der Waals surface area contributed by atoms with Gasteiger partial charge in [-0.25, -0.2) is 9.59 Å². The maximum Gasteiger partial charge on any atom is 0.337 e. The zero-order valence-electron chi connectivity index (χ0n) is 11.6. The Morgan fingerprint density at radius 3 is 2.86 bits per heavy atom. The second-order valence-corrected chi connectivity index (χ2v) is 5.92. The molecule has 0 aliphatic carbocycles. The largest absolute Gasteiger partial charge is 0.478 e. The number of aromatic carboxylic acids is 1. The van der Waals surface area contributed by atoms with Crippen LogP contribution in [0.25, 0.3) is 0 Å². The van der Waals surface area contributed by atoms with Crippen LogP contribution in [0.3, 0.4) is 0 Å². The molecule has 2 amide bonds. The zero-order chi connectivity index (χ0) is 15.4. The highest BCUT2D eigenvalue weighted by atomic mass is 79.9. The molecule has 0 aromatic heterocycles. The molecule has 1 aliphatic heterocycles. The third-order valence-corrected chi connectivity index (χ3v) is 3.98. The lowest BCUT2D eigenvalue weighted by molar-refractivity contribution is 0.0698. The number of halogens is 1. The van der Waals surface area contributed by atoms with Gasteiger partial charge in [0.05, 0.1) is 17.9 Å². The molecule has 1 saturated heterocycles. The summed E-state index contributed by atoms with van der Waals surface area (Å²) in [6.45, 7) is 3.27. The summed E-state index contributed by atoms with van der Waals surface area (Å²) >= 11 is 3.21. The first-order chi connectivity index (χ1) is 9.97. The Labute approximate surface area is 131 Å². The second kappa shape index (κ2) is 6.91. The Balaban J connectivity index is 2.00. The molecule has 0 saturated carbocycles. The number of carbonyl (C=O) groups is 2. The number of ether oxygens (including phenoxy) is 1. The SMILES string of the molecule is CC(NC(=O)Nc1ccc(Br)cc1C(=O)O)C1CCOC1. The van der Waals surface area contributed by atoms with Crippen LogP contribution in [-0.4, -0.2) is 36.4 Å². The first-order valence-corrected chi connectivity index (χ1v) is 7.45. The number of carbonyl (C=O) groups excluding carboxylic acids is 1. The summed E-state index contributed by atoms with van der Waals surface area (Å²) in [5, 5.41) is 14.5. The molecular formula is C14H17BrN2O4. The quantitative estimate of drug-likeness (QED) is 0.773. The highest BCUT2D eigenvalue weighted by molar-refractivity contribution is 9.10. The van der Waals surface area contributed by atoms with Gasteiger partial charge in [0.25, 0.3) is 0 Å². The van der Waals surface area contributed by atoms with E-state index in [0.29, 0.717) is 23.6 Å². The molecule has 2 unspecified atom stereocenters. The minimum Gasteiger partial charge on any atom is -0.478 e. The number of hydrogen-bond donors (Lipinski definition) is 3. The van der Waals surface area contributed by atoms with Crippen LogP contribution >= 0.6 is 15.9 Å². The van der Waals surface area contributed by atoms with Crippen molar-refractivity contribution in [1.82, 2.24) is 5.32 Å². The van der Waals surface area contributed by atoms with Gasteiger partial charge in [0, 0.05) is 23.0 Å². The van der Waals surface area contributed by atoms with Crippen LogP contribution in [0.15, 0.2) is 22.7 Å². The predicted molar refractivity (Wildman–Crippen MR) is 81.6 cm³/mol. The van der Waals surface area contributed by atoms with E-state index in [0.717, 1.165) is 6.42 Å². The van der Waals surface area contributed by atoms with Gasteiger partial charge in [-0.15, -0.1) is 0 Å². The fourth-order valence-corrected chi connectivity index (χ4v) is 2.59. The van der Waals surface area contributed by atoms with Gasteiger partial charge in [0.1, 0.15) is 0 Å². The Bertz CT molecular complexity index is 544. The number of carboxylic acids is 1. The maximum atomic E-state index is 12.0. The zero-order valence-corrected chi connectivity index (χ0v) is 13.1. The van der Waals surface area contributed by atoms with E-state index in [1.54, 1.807) is 12.1 Å². The van der Waals surface area contributed by atoms with E-state index in [-0.39, 0.29) is 17.3 Å². The maximum absolute atomic E-state index is 12.0. The molecule has 0 spiro atoms. The van der Waals surface area contributed by atoms with Gasteiger partial charge in [-0.1, -0.05) is 15.9 Å². The summed E-state index contributed by atoms with van der Waals surface area (Å²) in [5.41, 5.74) is 0.300. The monoisotopic (exact) mass is 356 g/mol. The van der Waals surface area contributed by atoms with Crippen molar-refractivity contribution in [1.29, 1.82) is 0 Å². The van der Waals surface area contributed by atoms with E-state index in [1.165, 1.54) is 6.07 Å². The first-order valence-electron chi connectivity index (χ1n) is 6.65. The van der Waals surface area contributed by atoms with E-state index in [1.807, 2.05) is 6.92 Å². The van der Waals surface area contributed by atoms with Gasteiger partial charge in [-0.3, -0.25) is 0 Å². The predicted octanol–water partition coefficient (Wildman–Crippen LogP) is 2.69. The van der Waals surface area contributed by atoms with Crippen LogP contribution in [0.1, 0.15) is 23.7 Å². The van der Waals surface area contributed by atoms with E-state index >= 15 is 0 Å². The highest BCUT2D eigenvalue weighted by Gasteiger charge is 2.24. The average Bonchev–Trinajstić information content (AvgIpc) is 2.94. The normalized spacial score (nSPS) is 19.0. The molecule has 114 valence electrons. The van der Waals surface area contributed by atoms with Gasteiger partial charge >= 0.3 is 12.0 Å². The second-order valence-electron chi connectivity index (χ2n) is 5.01. The standard InChI is InChI=1S/C14H17BrN2O4/c1-8(9-4-5-21-7-9)16-14(20)17-12-3-2-10(15)6-11(12)13(18)19/h2-3,6,8-9H,4-5,7H2,1H3,(H,18,19)(H2,16,17,20). The molecule has 0 radical (unpaired) electrons. The third kappa shape index (κ3) is 4.18. The topological polar surface area (TPSA) is 87.7 Å². The molecule has 1 fully saturated rings. The van der Waals surface area contributed by atoms with Crippen molar-refractivity contribution in [2.45, 2.75) is 19.4 Å². The van der Waals surface area contributed by atoms with Gasteiger partial charge < -0.3 is 20.5 Å². The minimum atomic E-state index is -1.09. The fraction of sp³-hybridized carbons (Fsp3) is 0.429. The van der Waals surface area contributed by atoms with Crippen LogP contribution in [0.4, 0.5) is 10.5 Å². The summed E-state index contributed by atoms with van der Waals surface area (Å²) < 4.78 is 5.93. The van der Waals surface area contributed by atoms with Crippen molar-refractivity contribution in [2.24, 2.45) is 5.92 Å². The van der Waals surface area contributed by atoms with Gasteiger partial charge in [-0.2, -0.15) is 0 Å². The summed E-state index contributed by atoms with van der Waals surface area (Å²) in [5.74, 6) is -0.802. The van der Waals surface area contributed by atoms with Crippen molar-refractivity contribution in [3.8, 4) is 0 Å². The molecule has 2 atom stereocenters. The number of nitrogens with one attached hydrogen (secondary N) is 2. The molecule has 1 aromatic carbocycles. The third-order valence-electron chi connectivity index (χ3n) is 3.49. The first kappa shape index (κ1) is 15.8. The van der Waals surface area contributed by atoms with Crippen LogP contribution in [-0.2, 0) is 4.74 Å². The number of hydrogen-bond acceptors (Lipinski definition) is 3. The molecule has 21 heavy (non-hydrogen) atoms. The molecule has 1 aliphatic rings. The van der Waals surface area contributed by atoms with Crippen LogP contribution in [0, 0.1) is 5.92 Å². The highest BCUT2D eigenvalue weighted by Crippen LogP contribution is 2.21. The van der Waals surface area contributed by atoms with Crippen LogP contribution in [0.5, 0.6) is 0 Å². The molecule has 0 bridgehead atoms. The Morgan fingerprint density at radius 1 is 1.48 bits per heavy atom. The summed E-state index contributed by atoms with van der Waals surface area (Å²) in [6, 6.07) is 4.23. The van der Waals surface area contributed by atoms with Gasteiger partial charge in [0.2, 0.25) is 0 Å².